The maximum Gasteiger partial charge on any atom is 0.246 e. The van der Waals surface area contributed by atoms with Gasteiger partial charge in [0.25, 0.3) is 0 Å². The highest BCUT2D eigenvalue weighted by molar-refractivity contribution is 6.30. The standard InChI is InChI=1S/C25H30ClN3O2/c1-2-7-22(28-24(31)25(12-13-25)18-8-5-9-19(26)16-18)23(30)27-20-10-6-11-21(17-20)29-14-3-4-15-29/h5-6,8-11,16-17,22H,2-4,7,12-15H2,1H3,(H,27,30)(H,28,31). The molecule has 1 saturated heterocycles. The normalized spacial score (nSPS) is 17.8. The van der Waals surface area contributed by atoms with Crippen LogP contribution in [0.4, 0.5) is 11.4 Å². The lowest BCUT2D eigenvalue weighted by molar-refractivity contribution is -0.128. The van der Waals surface area contributed by atoms with Crippen LogP contribution in [0.5, 0.6) is 0 Å². The lowest BCUT2D eigenvalue weighted by Crippen LogP contribution is -2.47. The zero-order valence-corrected chi connectivity index (χ0v) is 18.8. The second-order valence-electron chi connectivity index (χ2n) is 8.64. The van der Waals surface area contributed by atoms with E-state index in [1.54, 1.807) is 0 Å². The van der Waals surface area contributed by atoms with Crippen molar-refractivity contribution in [3.8, 4) is 0 Å². The van der Waals surface area contributed by atoms with Crippen molar-refractivity contribution < 1.29 is 9.59 Å². The number of amides is 2. The van der Waals surface area contributed by atoms with Crippen LogP contribution in [0.1, 0.15) is 51.0 Å². The van der Waals surface area contributed by atoms with E-state index in [-0.39, 0.29) is 11.8 Å². The second-order valence-corrected chi connectivity index (χ2v) is 9.08. The number of nitrogens with zero attached hydrogens (tertiary/aromatic N) is 1. The summed E-state index contributed by atoms with van der Waals surface area (Å²) >= 11 is 6.14. The summed E-state index contributed by atoms with van der Waals surface area (Å²) < 4.78 is 0. The zero-order chi connectivity index (χ0) is 21.8. The lowest BCUT2D eigenvalue weighted by atomic mass is 9.94. The number of hydrogen-bond donors (Lipinski definition) is 2. The number of anilines is 2. The Hall–Kier alpha value is -2.53. The fourth-order valence-electron chi connectivity index (χ4n) is 4.40. The fraction of sp³-hybridized carbons (Fsp3) is 0.440. The number of halogens is 1. The minimum atomic E-state index is -0.565. The van der Waals surface area contributed by atoms with E-state index in [1.807, 2.05) is 49.4 Å². The van der Waals surface area contributed by atoms with Crippen LogP contribution in [0.2, 0.25) is 5.02 Å². The molecule has 1 aliphatic heterocycles. The van der Waals surface area contributed by atoms with E-state index in [4.69, 9.17) is 11.6 Å². The number of rotatable bonds is 8. The molecule has 0 bridgehead atoms. The van der Waals surface area contributed by atoms with Gasteiger partial charge in [-0.1, -0.05) is 43.1 Å². The maximum absolute atomic E-state index is 13.2. The van der Waals surface area contributed by atoms with Gasteiger partial charge in [0.15, 0.2) is 0 Å². The van der Waals surface area contributed by atoms with Crippen LogP contribution in [-0.2, 0) is 15.0 Å². The van der Waals surface area contributed by atoms with Gasteiger partial charge in [0.1, 0.15) is 6.04 Å². The van der Waals surface area contributed by atoms with E-state index in [2.05, 4.69) is 21.6 Å². The molecule has 0 spiro atoms. The Kier molecular flexibility index (Phi) is 6.51. The minimum Gasteiger partial charge on any atom is -0.371 e. The van der Waals surface area contributed by atoms with Gasteiger partial charge in [-0.05, 0) is 68.0 Å². The van der Waals surface area contributed by atoms with Crippen molar-refractivity contribution >= 4 is 34.8 Å². The van der Waals surface area contributed by atoms with Crippen LogP contribution in [0, 0.1) is 0 Å². The molecular weight excluding hydrogens is 410 g/mol. The third-order valence-corrected chi connectivity index (χ3v) is 6.58. The first kappa shape index (κ1) is 21.7. The van der Waals surface area contributed by atoms with Crippen molar-refractivity contribution in [2.75, 3.05) is 23.3 Å². The predicted octanol–water partition coefficient (Wildman–Crippen LogP) is 4.90. The van der Waals surface area contributed by atoms with Crippen LogP contribution in [0.3, 0.4) is 0 Å². The highest BCUT2D eigenvalue weighted by Gasteiger charge is 2.52. The van der Waals surface area contributed by atoms with Gasteiger partial charge in [0, 0.05) is 29.5 Å². The summed E-state index contributed by atoms with van der Waals surface area (Å²) in [5.74, 6) is -0.259. The molecule has 2 amide bonds. The Morgan fingerprint density at radius 3 is 2.52 bits per heavy atom. The number of carbonyl (C=O) groups is 2. The average molecular weight is 440 g/mol. The van der Waals surface area contributed by atoms with Crippen molar-refractivity contribution in [2.45, 2.75) is 56.9 Å². The predicted molar refractivity (Wildman–Crippen MR) is 126 cm³/mol. The highest BCUT2D eigenvalue weighted by atomic mass is 35.5. The molecule has 4 rings (SSSR count). The topological polar surface area (TPSA) is 61.4 Å². The molecular formula is C25H30ClN3O2. The Bertz CT molecular complexity index is 951. The molecule has 164 valence electrons. The number of hydrogen-bond acceptors (Lipinski definition) is 3. The molecule has 2 fully saturated rings. The molecule has 1 atom stereocenters. The van der Waals surface area contributed by atoms with E-state index in [9.17, 15) is 9.59 Å². The van der Waals surface area contributed by atoms with Crippen molar-refractivity contribution in [3.63, 3.8) is 0 Å². The summed E-state index contributed by atoms with van der Waals surface area (Å²) in [7, 11) is 0. The molecule has 1 unspecified atom stereocenters. The van der Waals surface area contributed by atoms with Gasteiger partial charge < -0.3 is 15.5 Å². The third kappa shape index (κ3) is 4.87. The van der Waals surface area contributed by atoms with E-state index < -0.39 is 11.5 Å². The van der Waals surface area contributed by atoms with Gasteiger partial charge in [0.05, 0.1) is 5.41 Å². The number of nitrogens with one attached hydrogen (secondary N) is 2. The van der Waals surface area contributed by atoms with E-state index in [1.165, 1.54) is 12.8 Å². The molecule has 1 heterocycles. The van der Waals surface area contributed by atoms with Crippen molar-refractivity contribution in [2.24, 2.45) is 0 Å². The monoisotopic (exact) mass is 439 g/mol. The maximum atomic E-state index is 13.2. The summed E-state index contributed by atoms with van der Waals surface area (Å²) in [5.41, 5.74) is 2.25. The van der Waals surface area contributed by atoms with Gasteiger partial charge >= 0.3 is 0 Å². The Labute approximate surface area is 189 Å². The van der Waals surface area contributed by atoms with E-state index in [0.29, 0.717) is 11.4 Å². The molecule has 6 heteroatoms. The van der Waals surface area contributed by atoms with Crippen LogP contribution in [-0.4, -0.2) is 30.9 Å². The average Bonchev–Trinajstić information content (AvgIpc) is 3.40. The minimum absolute atomic E-state index is 0.0887. The van der Waals surface area contributed by atoms with Crippen LogP contribution < -0.4 is 15.5 Å². The first-order valence-electron chi connectivity index (χ1n) is 11.2. The molecule has 31 heavy (non-hydrogen) atoms. The van der Waals surface area contributed by atoms with Gasteiger partial charge in [-0.2, -0.15) is 0 Å². The highest BCUT2D eigenvalue weighted by Crippen LogP contribution is 2.49. The Morgan fingerprint density at radius 2 is 1.84 bits per heavy atom. The zero-order valence-electron chi connectivity index (χ0n) is 18.0. The fourth-order valence-corrected chi connectivity index (χ4v) is 4.59. The number of benzene rings is 2. The molecule has 1 aliphatic carbocycles. The quantitative estimate of drug-likeness (QED) is 0.615. The molecule has 2 N–H and O–H groups in total. The summed E-state index contributed by atoms with van der Waals surface area (Å²) in [5, 5.41) is 6.66. The largest absolute Gasteiger partial charge is 0.371 e. The molecule has 2 aromatic rings. The molecule has 1 saturated carbocycles. The van der Waals surface area contributed by atoms with Gasteiger partial charge in [-0.3, -0.25) is 9.59 Å². The van der Waals surface area contributed by atoms with E-state index >= 15 is 0 Å². The second kappa shape index (κ2) is 9.31. The number of carbonyl (C=O) groups excluding carboxylic acids is 2. The van der Waals surface area contributed by atoms with Crippen molar-refractivity contribution in [1.29, 1.82) is 0 Å². The summed E-state index contributed by atoms with van der Waals surface area (Å²) in [6.07, 6.45) is 5.35. The van der Waals surface area contributed by atoms with E-state index in [0.717, 1.165) is 49.3 Å². The molecule has 2 aromatic carbocycles. The summed E-state index contributed by atoms with van der Waals surface area (Å²) in [6, 6.07) is 14.9. The molecule has 5 nitrogen and oxygen atoms in total. The Balaban J connectivity index is 1.44. The molecule has 2 aliphatic rings. The van der Waals surface area contributed by atoms with Crippen molar-refractivity contribution in [1.82, 2.24) is 5.32 Å². The summed E-state index contributed by atoms with van der Waals surface area (Å²) in [4.78, 5) is 28.6. The van der Waals surface area contributed by atoms with Crippen LogP contribution >= 0.6 is 11.6 Å². The van der Waals surface area contributed by atoms with Crippen LogP contribution in [0.25, 0.3) is 0 Å². The molecule has 0 aromatic heterocycles. The third-order valence-electron chi connectivity index (χ3n) is 6.35. The van der Waals surface area contributed by atoms with Gasteiger partial charge in [-0.25, -0.2) is 0 Å². The van der Waals surface area contributed by atoms with Gasteiger partial charge in [0.2, 0.25) is 11.8 Å². The van der Waals surface area contributed by atoms with Crippen LogP contribution in [0.15, 0.2) is 48.5 Å². The smallest absolute Gasteiger partial charge is 0.246 e. The molecule has 0 radical (unpaired) electrons. The van der Waals surface area contributed by atoms with Crippen molar-refractivity contribution in [3.05, 3.63) is 59.1 Å². The Morgan fingerprint density at radius 1 is 1.10 bits per heavy atom. The summed E-state index contributed by atoms with van der Waals surface area (Å²) in [6.45, 7) is 4.12. The first-order valence-corrected chi connectivity index (χ1v) is 11.6. The lowest BCUT2D eigenvalue weighted by Gasteiger charge is -2.23. The van der Waals surface area contributed by atoms with Gasteiger partial charge in [-0.15, -0.1) is 0 Å². The first-order chi connectivity index (χ1) is 15.0. The SMILES string of the molecule is CCCC(NC(=O)C1(c2cccc(Cl)c2)CC1)C(=O)Nc1cccc(N2CCCC2)c1.